The largest absolute Gasteiger partial charge is 0.370 e. The molecule has 0 aliphatic heterocycles. The monoisotopic (exact) mass is 253 g/mol. The molecule has 96 valence electrons. The molecular formula is C14H15N5. The summed E-state index contributed by atoms with van der Waals surface area (Å²) < 4.78 is 1.96. The third-order valence-electron chi connectivity index (χ3n) is 2.80. The highest BCUT2D eigenvalue weighted by Gasteiger charge is 2.07. The van der Waals surface area contributed by atoms with Crippen molar-refractivity contribution in [3.63, 3.8) is 0 Å². The lowest BCUT2D eigenvalue weighted by molar-refractivity contribution is 0.965. The smallest absolute Gasteiger partial charge is 0.181 e. The maximum Gasteiger partial charge on any atom is 0.181 e. The molecule has 0 radical (unpaired) electrons. The zero-order valence-corrected chi connectivity index (χ0v) is 10.7. The van der Waals surface area contributed by atoms with Crippen LogP contribution in [0, 0.1) is 0 Å². The molecule has 19 heavy (non-hydrogen) atoms. The molecule has 0 saturated carbocycles. The summed E-state index contributed by atoms with van der Waals surface area (Å²) in [6.07, 6.45) is 6.72. The number of nitrogens with zero attached hydrogens (tertiary/aromatic N) is 4. The standard InChI is InChI=1S/C14H15N5/c1-2-7-15-12-6-8-16-14(18-12)11-10-19-9-4-3-5-13(19)17-11/h3-6,8-10H,2,7H2,1H3,(H,15,16,18). The summed E-state index contributed by atoms with van der Waals surface area (Å²) >= 11 is 0. The SMILES string of the molecule is CCCNc1ccnc(-c2cn3ccccc3n2)n1. The third-order valence-corrected chi connectivity index (χ3v) is 2.80. The van der Waals surface area contributed by atoms with E-state index in [0.717, 1.165) is 30.1 Å². The van der Waals surface area contributed by atoms with Crippen LogP contribution in [0.4, 0.5) is 5.82 Å². The molecule has 3 rings (SSSR count). The van der Waals surface area contributed by atoms with Crippen molar-refractivity contribution in [3.8, 4) is 11.5 Å². The molecule has 0 unspecified atom stereocenters. The van der Waals surface area contributed by atoms with Gasteiger partial charge in [-0.05, 0) is 24.6 Å². The lowest BCUT2D eigenvalue weighted by atomic mass is 10.4. The third kappa shape index (κ3) is 2.40. The predicted octanol–water partition coefficient (Wildman–Crippen LogP) is 2.61. The van der Waals surface area contributed by atoms with Crippen LogP contribution in [0.2, 0.25) is 0 Å². The summed E-state index contributed by atoms with van der Waals surface area (Å²) in [7, 11) is 0. The van der Waals surface area contributed by atoms with E-state index < -0.39 is 0 Å². The fourth-order valence-electron chi connectivity index (χ4n) is 1.88. The van der Waals surface area contributed by atoms with Gasteiger partial charge in [-0.2, -0.15) is 0 Å². The normalized spacial score (nSPS) is 10.8. The van der Waals surface area contributed by atoms with Crippen molar-refractivity contribution in [1.29, 1.82) is 0 Å². The second-order valence-corrected chi connectivity index (χ2v) is 4.28. The van der Waals surface area contributed by atoms with Crippen molar-refractivity contribution in [3.05, 3.63) is 42.9 Å². The van der Waals surface area contributed by atoms with E-state index in [1.807, 2.05) is 41.1 Å². The van der Waals surface area contributed by atoms with Gasteiger partial charge in [0.1, 0.15) is 17.2 Å². The maximum absolute atomic E-state index is 4.51. The summed E-state index contributed by atoms with van der Waals surface area (Å²) in [5.41, 5.74) is 1.68. The molecule has 0 aromatic carbocycles. The number of anilines is 1. The Morgan fingerprint density at radius 1 is 1.21 bits per heavy atom. The van der Waals surface area contributed by atoms with Gasteiger partial charge in [-0.25, -0.2) is 15.0 Å². The zero-order valence-electron chi connectivity index (χ0n) is 10.7. The number of fused-ring (bicyclic) bond motifs is 1. The van der Waals surface area contributed by atoms with Crippen LogP contribution in [0.15, 0.2) is 42.9 Å². The molecule has 0 bridgehead atoms. The Kier molecular flexibility index (Phi) is 3.10. The molecule has 3 heterocycles. The molecule has 0 spiro atoms. The summed E-state index contributed by atoms with van der Waals surface area (Å²) in [6, 6.07) is 7.77. The average Bonchev–Trinajstić information content (AvgIpc) is 2.89. The molecule has 3 aromatic rings. The molecule has 0 amide bonds. The van der Waals surface area contributed by atoms with Gasteiger partial charge in [0.15, 0.2) is 5.82 Å². The summed E-state index contributed by atoms with van der Waals surface area (Å²) in [5, 5.41) is 3.25. The molecule has 0 aliphatic carbocycles. The molecule has 3 aromatic heterocycles. The second-order valence-electron chi connectivity index (χ2n) is 4.28. The number of hydrogen-bond donors (Lipinski definition) is 1. The fourth-order valence-corrected chi connectivity index (χ4v) is 1.88. The van der Waals surface area contributed by atoms with Gasteiger partial charge in [0.25, 0.3) is 0 Å². The van der Waals surface area contributed by atoms with Crippen molar-refractivity contribution in [2.45, 2.75) is 13.3 Å². The van der Waals surface area contributed by atoms with E-state index >= 15 is 0 Å². The minimum atomic E-state index is 0.643. The van der Waals surface area contributed by atoms with E-state index in [4.69, 9.17) is 0 Å². The number of nitrogens with one attached hydrogen (secondary N) is 1. The van der Waals surface area contributed by atoms with Crippen molar-refractivity contribution in [2.24, 2.45) is 0 Å². The summed E-state index contributed by atoms with van der Waals surface area (Å²) in [6.45, 7) is 3.03. The summed E-state index contributed by atoms with van der Waals surface area (Å²) in [4.78, 5) is 13.3. The maximum atomic E-state index is 4.51. The van der Waals surface area contributed by atoms with Crippen molar-refractivity contribution in [1.82, 2.24) is 19.4 Å². The predicted molar refractivity (Wildman–Crippen MR) is 75.0 cm³/mol. The van der Waals surface area contributed by atoms with Gasteiger partial charge >= 0.3 is 0 Å². The Balaban J connectivity index is 1.96. The first-order chi connectivity index (χ1) is 9.36. The van der Waals surface area contributed by atoms with Gasteiger partial charge < -0.3 is 9.72 Å². The van der Waals surface area contributed by atoms with E-state index in [0.29, 0.717) is 5.82 Å². The van der Waals surface area contributed by atoms with E-state index in [-0.39, 0.29) is 0 Å². The summed E-state index contributed by atoms with van der Waals surface area (Å²) in [5.74, 6) is 1.48. The quantitative estimate of drug-likeness (QED) is 0.776. The Bertz CT molecular complexity index is 656. The number of hydrogen-bond acceptors (Lipinski definition) is 4. The topological polar surface area (TPSA) is 55.1 Å². The van der Waals surface area contributed by atoms with Gasteiger partial charge in [0, 0.05) is 25.1 Å². The average molecular weight is 253 g/mol. The number of aromatic nitrogens is 4. The highest BCUT2D eigenvalue weighted by Crippen LogP contribution is 2.16. The van der Waals surface area contributed by atoms with Gasteiger partial charge in [-0.15, -0.1) is 0 Å². The highest BCUT2D eigenvalue weighted by molar-refractivity contribution is 5.57. The van der Waals surface area contributed by atoms with Gasteiger partial charge in [0.05, 0.1) is 0 Å². The first-order valence-corrected chi connectivity index (χ1v) is 6.38. The van der Waals surface area contributed by atoms with Crippen molar-refractivity contribution >= 4 is 11.5 Å². The molecular weight excluding hydrogens is 238 g/mol. The Labute approximate surface area is 111 Å². The van der Waals surface area contributed by atoms with Crippen LogP contribution in [0.25, 0.3) is 17.2 Å². The first-order valence-electron chi connectivity index (χ1n) is 6.38. The highest BCUT2D eigenvalue weighted by atomic mass is 15.1. The molecule has 5 heteroatoms. The van der Waals surface area contributed by atoms with E-state index in [1.54, 1.807) is 6.20 Å². The van der Waals surface area contributed by atoms with Gasteiger partial charge in [0.2, 0.25) is 0 Å². The van der Waals surface area contributed by atoms with Crippen LogP contribution in [0.1, 0.15) is 13.3 Å². The minimum absolute atomic E-state index is 0.643. The first kappa shape index (κ1) is 11.6. The van der Waals surface area contributed by atoms with Crippen LogP contribution in [0.5, 0.6) is 0 Å². The van der Waals surface area contributed by atoms with Crippen LogP contribution >= 0.6 is 0 Å². The minimum Gasteiger partial charge on any atom is -0.370 e. The van der Waals surface area contributed by atoms with E-state index in [1.165, 1.54) is 0 Å². The number of pyridine rings is 1. The lowest BCUT2D eigenvalue weighted by Gasteiger charge is -2.03. The second kappa shape index (κ2) is 5.06. The van der Waals surface area contributed by atoms with Crippen LogP contribution in [0.3, 0.4) is 0 Å². The number of imidazole rings is 1. The molecule has 0 aliphatic rings. The van der Waals surface area contributed by atoms with E-state index in [9.17, 15) is 0 Å². The lowest BCUT2D eigenvalue weighted by Crippen LogP contribution is -2.03. The van der Waals surface area contributed by atoms with Crippen LogP contribution < -0.4 is 5.32 Å². The van der Waals surface area contributed by atoms with Gasteiger partial charge in [-0.3, -0.25) is 0 Å². The molecule has 0 atom stereocenters. The Morgan fingerprint density at radius 2 is 2.16 bits per heavy atom. The Morgan fingerprint density at radius 3 is 3.00 bits per heavy atom. The molecule has 0 fully saturated rings. The van der Waals surface area contributed by atoms with Gasteiger partial charge in [-0.1, -0.05) is 13.0 Å². The fraction of sp³-hybridized carbons (Fsp3) is 0.214. The van der Waals surface area contributed by atoms with Crippen LogP contribution in [-0.4, -0.2) is 25.9 Å². The van der Waals surface area contributed by atoms with Crippen molar-refractivity contribution in [2.75, 3.05) is 11.9 Å². The Hall–Kier alpha value is -2.43. The molecule has 5 nitrogen and oxygen atoms in total. The zero-order chi connectivity index (χ0) is 13.1. The molecule has 1 N–H and O–H groups in total. The molecule has 0 saturated heterocycles. The number of rotatable bonds is 4. The van der Waals surface area contributed by atoms with Crippen LogP contribution in [-0.2, 0) is 0 Å². The van der Waals surface area contributed by atoms with Crippen molar-refractivity contribution < 1.29 is 0 Å². The van der Waals surface area contributed by atoms with E-state index in [2.05, 4.69) is 27.2 Å².